The predicted molar refractivity (Wildman–Crippen MR) is 168 cm³/mol. The molecular weight excluding hydrogens is 576 g/mol. The molecule has 1 aromatic carbocycles. The lowest BCUT2D eigenvalue weighted by molar-refractivity contribution is -0.151. The van der Waals surface area contributed by atoms with E-state index in [0.29, 0.717) is 35.9 Å². The normalized spacial score (nSPS) is 29.9. The van der Waals surface area contributed by atoms with Gasteiger partial charge in [-0.25, -0.2) is 19.6 Å². The summed E-state index contributed by atoms with van der Waals surface area (Å²) in [6.45, 7) is 9.67. The van der Waals surface area contributed by atoms with E-state index in [1.807, 2.05) is 39.8 Å². The summed E-state index contributed by atoms with van der Waals surface area (Å²) in [4.78, 5) is 51.4. The van der Waals surface area contributed by atoms with Gasteiger partial charge in [-0.3, -0.25) is 4.79 Å². The minimum absolute atomic E-state index is 0.0388. The highest BCUT2D eigenvalue weighted by atomic mass is 16.6. The average Bonchev–Trinajstić information content (AvgIpc) is 3.53. The number of methoxy groups -OCH3 is 1. The molecule has 1 saturated carbocycles. The first-order chi connectivity index (χ1) is 21.4. The zero-order chi connectivity index (χ0) is 32.5. The van der Waals surface area contributed by atoms with Crippen molar-refractivity contribution in [2.75, 3.05) is 13.7 Å². The van der Waals surface area contributed by atoms with E-state index >= 15 is 0 Å². The number of carboxylic acid groups (broad SMARTS) is 1. The number of amides is 2. The van der Waals surface area contributed by atoms with Crippen molar-refractivity contribution in [1.82, 2.24) is 20.2 Å². The van der Waals surface area contributed by atoms with Crippen molar-refractivity contribution >= 4 is 29.0 Å². The summed E-state index contributed by atoms with van der Waals surface area (Å²) in [5, 5.41) is 13.2. The van der Waals surface area contributed by atoms with Crippen LogP contribution in [0.25, 0.3) is 11.0 Å². The Hall–Kier alpha value is -3.63. The van der Waals surface area contributed by atoms with Gasteiger partial charge in [0.05, 0.1) is 24.7 Å². The SMILES string of the molecule is CC[C@@H]1[C@@H]2CN(C(=O)[C@H](C(C)(C)C)NC(=O)O[C@@H]3C[C@H](C)C[C@H]3CCCCCc3nc4ccc(OC)cc4nc3O2)[C@@H]1C(=O)O. The summed E-state index contributed by atoms with van der Waals surface area (Å²) in [7, 11) is 1.59. The minimum atomic E-state index is -1.13. The zero-order valence-electron chi connectivity index (χ0n) is 27.4. The maximum Gasteiger partial charge on any atom is 0.408 e. The Labute approximate surface area is 265 Å². The fourth-order valence-corrected chi connectivity index (χ4v) is 7.40. The van der Waals surface area contributed by atoms with Crippen LogP contribution in [-0.4, -0.2) is 75.9 Å². The predicted octanol–water partition coefficient (Wildman–Crippen LogP) is 5.38. The van der Waals surface area contributed by atoms with Crippen molar-refractivity contribution in [1.29, 1.82) is 0 Å². The van der Waals surface area contributed by atoms with E-state index in [1.54, 1.807) is 13.2 Å². The number of benzene rings is 1. The Balaban J connectivity index is 1.54. The summed E-state index contributed by atoms with van der Waals surface area (Å²) >= 11 is 0. The van der Waals surface area contributed by atoms with E-state index in [0.717, 1.165) is 49.7 Å². The fourth-order valence-electron chi connectivity index (χ4n) is 7.40. The highest BCUT2D eigenvalue weighted by Gasteiger charge is 2.51. The van der Waals surface area contributed by atoms with Crippen molar-refractivity contribution in [2.24, 2.45) is 23.2 Å². The standard InChI is InChI=1S/C34H48N4O7/c1-7-22-27-18-38(28(22)32(40)41)31(39)29(34(3,4)5)37-33(42)45-26-16-19(2)15-20(26)11-9-8-10-12-24-30(44-27)36-25-17-21(43-6)13-14-23(25)35-24/h13-14,17,19-20,22,26-29H,7-12,15-16,18H2,1-6H3,(H,37,42)(H,40,41)/t19-,20-,22-,26-,27+,28+,29-/m1/s1. The molecule has 246 valence electrons. The number of carbonyl (C=O) groups excluding carboxylic acids is 2. The third kappa shape index (κ3) is 7.12. The summed E-state index contributed by atoms with van der Waals surface area (Å²) in [5.41, 5.74) is 1.35. The van der Waals surface area contributed by atoms with Crippen LogP contribution in [0.5, 0.6) is 11.6 Å². The lowest BCUT2D eigenvalue weighted by Gasteiger charge is -2.35. The molecule has 11 heteroatoms. The van der Waals surface area contributed by atoms with Crippen LogP contribution in [0.3, 0.4) is 0 Å². The first kappa shape index (κ1) is 32.8. The zero-order valence-corrected chi connectivity index (χ0v) is 27.4. The number of ether oxygens (including phenoxy) is 3. The molecule has 0 unspecified atom stereocenters. The molecule has 7 atom stereocenters. The molecule has 2 bridgehead atoms. The number of carboxylic acids is 1. The number of carbonyl (C=O) groups is 3. The molecule has 2 amide bonds. The number of alkyl carbamates (subject to hydrolysis) is 1. The lowest BCUT2D eigenvalue weighted by Crippen LogP contribution is -2.57. The van der Waals surface area contributed by atoms with E-state index < -0.39 is 47.5 Å². The molecule has 2 fully saturated rings. The number of aromatic nitrogens is 2. The molecule has 2 aromatic rings. The van der Waals surface area contributed by atoms with E-state index in [2.05, 4.69) is 12.2 Å². The number of nitrogens with zero attached hydrogens (tertiary/aromatic N) is 3. The van der Waals surface area contributed by atoms with Crippen LogP contribution in [0.2, 0.25) is 0 Å². The molecule has 1 aliphatic carbocycles. The van der Waals surface area contributed by atoms with E-state index in [-0.39, 0.29) is 18.6 Å². The van der Waals surface area contributed by atoms with E-state index in [9.17, 15) is 19.5 Å². The maximum absolute atomic E-state index is 14.2. The molecule has 5 rings (SSSR count). The number of aliphatic carboxylic acids is 1. The van der Waals surface area contributed by atoms with Crippen LogP contribution >= 0.6 is 0 Å². The Morgan fingerprint density at radius 3 is 2.56 bits per heavy atom. The smallest absolute Gasteiger partial charge is 0.408 e. The van der Waals surface area contributed by atoms with Crippen LogP contribution in [-0.2, 0) is 20.7 Å². The highest BCUT2D eigenvalue weighted by Crippen LogP contribution is 2.38. The first-order valence-corrected chi connectivity index (χ1v) is 16.4. The number of aryl methyl sites for hydroxylation is 1. The molecule has 1 saturated heterocycles. The summed E-state index contributed by atoms with van der Waals surface area (Å²) in [5.74, 6) is -0.385. The maximum atomic E-state index is 14.2. The van der Waals surface area contributed by atoms with Crippen molar-refractivity contribution in [3.05, 3.63) is 23.9 Å². The average molecular weight is 625 g/mol. The molecule has 1 aromatic heterocycles. The van der Waals surface area contributed by atoms with Gasteiger partial charge in [-0.15, -0.1) is 0 Å². The molecular formula is C34H48N4O7. The minimum Gasteiger partial charge on any atom is -0.497 e. The fraction of sp³-hybridized carbons (Fsp3) is 0.676. The van der Waals surface area contributed by atoms with Crippen LogP contribution < -0.4 is 14.8 Å². The van der Waals surface area contributed by atoms with Crippen molar-refractivity contribution in [2.45, 2.75) is 110 Å². The largest absolute Gasteiger partial charge is 0.497 e. The van der Waals surface area contributed by atoms with Gasteiger partial charge in [0.2, 0.25) is 11.8 Å². The second kappa shape index (κ2) is 13.4. The van der Waals surface area contributed by atoms with Crippen LogP contribution in [0.4, 0.5) is 4.79 Å². The lowest BCUT2D eigenvalue weighted by atomic mass is 9.85. The van der Waals surface area contributed by atoms with Crippen molar-refractivity contribution in [3.8, 4) is 11.6 Å². The molecule has 3 heterocycles. The van der Waals surface area contributed by atoms with Crippen LogP contribution in [0.15, 0.2) is 18.2 Å². The molecule has 2 N–H and O–H groups in total. The van der Waals surface area contributed by atoms with Gasteiger partial charge in [0.1, 0.15) is 35.7 Å². The summed E-state index contributed by atoms with van der Waals surface area (Å²) in [6, 6.07) is 3.40. The van der Waals surface area contributed by atoms with Gasteiger partial charge in [-0.1, -0.05) is 47.5 Å². The van der Waals surface area contributed by atoms with Crippen molar-refractivity contribution in [3.63, 3.8) is 0 Å². The molecule has 3 aliphatic rings. The summed E-state index contributed by atoms with van der Waals surface area (Å²) in [6.07, 6.45) is 5.19. The third-order valence-corrected chi connectivity index (χ3v) is 9.76. The van der Waals surface area contributed by atoms with Gasteiger partial charge in [0.15, 0.2) is 0 Å². The van der Waals surface area contributed by atoms with Gasteiger partial charge in [0.25, 0.3) is 0 Å². The Kier molecular flexibility index (Phi) is 9.74. The molecule has 45 heavy (non-hydrogen) atoms. The molecule has 0 radical (unpaired) electrons. The van der Waals surface area contributed by atoms with Gasteiger partial charge in [-0.05, 0) is 67.9 Å². The van der Waals surface area contributed by atoms with Gasteiger partial charge < -0.3 is 29.5 Å². The van der Waals surface area contributed by atoms with Crippen molar-refractivity contribution < 1.29 is 33.7 Å². The van der Waals surface area contributed by atoms with E-state index in [1.165, 1.54) is 4.90 Å². The van der Waals surface area contributed by atoms with Gasteiger partial charge in [-0.2, -0.15) is 0 Å². The Morgan fingerprint density at radius 1 is 1.09 bits per heavy atom. The summed E-state index contributed by atoms with van der Waals surface area (Å²) < 4.78 is 18.0. The number of hydrogen-bond donors (Lipinski definition) is 2. The number of nitrogens with one attached hydrogen (secondary N) is 1. The molecule has 2 aliphatic heterocycles. The molecule has 11 nitrogen and oxygen atoms in total. The Morgan fingerprint density at radius 2 is 1.87 bits per heavy atom. The highest BCUT2D eigenvalue weighted by molar-refractivity contribution is 5.90. The Bertz CT molecular complexity index is 1410. The monoisotopic (exact) mass is 624 g/mol. The second-order valence-corrected chi connectivity index (χ2v) is 14.2. The van der Waals surface area contributed by atoms with Crippen LogP contribution in [0.1, 0.15) is 85.3 Å². The number of fused-ring (bicyclic) bond motifs is 5. The number of rotatable bonds is 3. The van der Waals surface area contributed by atoms with E-state index in [4.69, 9.17) is 24.2 Å². The number of hydrogen-bond acceptors (Lipinski definition) is 8. The van der Waals surface area contributed by atoms with Gasteiger partial charge in [0, 0.05) is 12.0 Å². The third-order valence-electron chi connectivity index (χ3n) is 9.76. The van der Waals surface area contributed by atoms with Gasteiger partial charge >= 0.3 is 12.1 Å². The topological polar surface area (TPSA) is 140 Å². The quantitative estimate of drug-likeness (QED) is 0.461. The first-order valence-electron chi connectivity index (χ1n) is 16.4. The van der Waals surface area contributed by atoms with Crippen LogP contribution in [0, 0.1) is 23.2 Å². The molecule has 0 spiro atoms. The second-order valence-electron chi connectivity index (χ2n) is 14.2.